The summed E-state index contributed by atoms with van der Waals surface area (Å²) < 4.78 is 4.97. The molecule has 0 aromatic heterocycles. The first kappa shape index (κ1) is 6.99. The minimum atomic E-state index is -0.153. The Labute approximate surface area is 55.0 Å². The molecule has 0 spiro atoms. The van der Waals surface area contributed by atoms with E-state index in [4.69, 9.17) is 9.94 Å². The van der Waals surface area contributed by atoms with E-state index in [2.05, 4.69) is 19.3 Å². The molecule has 0 bridgehead atoms. The fourth-order valence-corrected chi connectivity index (χ4v) is 0.849. The van der Waals surface area contributed by atoms with E-state index in [-0.39, 0.29) is 5.54 Å². The van der Waals surface area contributed by atoms with Crippen molar-refractivity contribution in [3.63, 3.8) is 0 Å². The molecule has 1 heterocycles. The first-order valence-corrected chi connectivity index (χ1v) is 3.20. The van der Waals surface area contributed by atoms with Crippen molar-refractivity contribution < 1.29 is 9.94 Å². The second kappa shape index (κ2) is 2.25. The molecule has 1 rings (SSSR count). The zero-order valence-corrected chi connectivity index (χ0v) is 5.85. The van der Waals surface area contributed by atoms with E-state index in [1.165, 1.54) is 0 Å². The smallest absolute Gasteiger partial charge is 0.0917 e. The zero-order valence-electron chi connectivity index (χ0n) is 5.85. The Hall–Kier alpha value is -0.120. The highest BCUT2D eigenvalue weighted by Crippen LogP contribution is 2.24. The van der Waals surface area contributed by atoms with Gasteiger partial charge in [0.05, 0.1) is 18.8 Å². The van der Waals surface area contributed by atoms with Crippen LogP contribution < -0.4 is 5.48 Å². The molecule has 0 amide bonds. The van der Waals surface area contributed by atoms with Crippen LogP contribution in [-0.2, 0) is 4.74 Å². The number of ether oxygens (including phenoxy) is 1. The predicted molar refractivity (Wildman–Crippen MR) is 33.3 cm³/mol. The first-order chi connectivity index (χ1) is 4.21. The van der Waals surface area contributed by atoms with Crippen molar-refractivity contribution in [3.05, 3.63) is 0 Å². The molecule has 54 valence electrons. The molecule has 1 aliphatic rings. The van der Waals surface area contributed by atoms with E-state index in [0.29, 0.717) is 19.1 Å². The SMILES string of the molecule is CC(C)C1(NO)COC1. The van der Waals surface area contributed by atoms with E-state index >= 15 is 0 Å². The third-order valence-corrected chi connectivity index (χ3v) is 2.05. The van der Waals surface area contributed by atoms with Crippen molar-refractivity contribution in [3.8, 4) is 0 Å². The lowest BCUT2D eigenvalue weighted by Crippen LogP contribution is -2.62. The molecule has 3 heteroatoms. The lowest BCUT2D eigenvalue weighted by molar-refractivity contribution is -0.148. The van der Waals surface area contributed by atoms with Gasteiger partial charge in [0.2, 0.25) is 0 Å². The largest absolute Gasteiger partial charge is 0.377 e. The van der Waals surface area contributed by atoms with E-state index in [0.717, 1.165) is 0 Å². The predicted octanol–water partition coefficient (Wildman–Crippen LogP) is 0.390. The summed E-state index contributed by atoms with van der Waals surface area (Å²) in [4.78, 5) is 0. The molecule has 0 radical (unpaired) electrons. The number of nitrogens with one attached hydrogen (secondary N) is 1. The van der Waals surface area contributed by atoms with E-state index < -0.39 is 0 Å². The molecule has 2 N–H and O–H groups in total. The van der Waals surface area contributed by atoms with Crippen LogP contribution in [0.1, 0.15) is 13.8 Å². The maximum absolute atomic E-state index is 8.68. The molecule has 0 atom stereocenters. The molecule has 0 saturated carbocycles. The van der Waals surface area contributed by atoms with Crippen molar-refractivity contribution in [1.29, 1.82) is 0 Å². The molecule has 0 aliphatic carbocycles. The Morgan fingerprint density at radius 1 is 1.56 bits per heavy atom. The van der Waals surface area contributed by atoms with Crippen LogP contribution in [0, 0.1) is 5.92 Å². The Bertz CT molecular complexity index is 93.7. The third kappa shape index (κ3) is 0.956. The molecular formula is C6H13NO2. The minimum absolute atomic E-state index is 0.153. The van der Waals surface area contributed by atoms with E-state index in [1.807, 2.05) is 0 Å². The van der Waals surface area contributed by atoms with Gasteiger partial charge in [0, 0.05) is 0 Å². The van der Waals surface area contributed by atoms with Gasteiger partial charge in [-0.1, -0.05) is 13.8 Å². The van der Waals surface area contributed by atoms with Crippen molar-refractivity contribution in [2.75, 3.05) is 13.2 Å². The average Bonchev–Trinajstić information content (AvgIpc) is 1.62. The quantitative estimate of drug-likeness (QED) is 0.533. The third-order valence-electron chi connectivity index (χ3n) is 2.05. The van der Waals surface area contributed by atoms with E-state index in [9.17, 15) is 0 Å². The van der Waals surface area contributed by atoms with Crippen molar-refractivity contribution in [2.45, 2.75) is 19.4 Å². The summed E-state index contributed by atoms with van der Waals surface area (Å²) in [6, 6.07) is 0. The highest BCUT2D eigenvalue weighted by Gasteiger charge is 2.41. The van der Waals surface area contributed by atoms with Gasteiger partial charge in [-0.2, -0.15) is 5.48 Å². The summed E-state index contributed by atoms with van der Waals surface area (Å²) in [7, 11) is 0. The van der Waals surface area contributed by atoms with Gasteiger partial charge in [0.1, 0.15) is 0 Å². The molecule has 0 unspecified atom stereocenters. The van der Waals surface area contributed by atoms with E-state index in [1.54, 1.807) is 0 Å². The summed E-state index contributed by atoms with van der Waals surface area (Å²) in [6.07, 6.45) is 0. The van der Waals surface area contributed by atoms with Gasteiger partial charge in [-0.3, -0.25) is 0 Å². The van der Waals surface area contributed by atoms with Crippen LogP contribution in [0.25, 0.3) is 0 Å². The highest BCUT2D eigenvalue weighted by molar-refractivity contribution is 4.93. The number of hydrogen-bond donors (Lipinski definition) is 2. The Morgan fingerprint density at radius 2 is 2.11 bits per heavy atom. The lowest BCUT2D eigenvalue weighted by atomic mass is 9.86. The molecule has 1 fully saturated rings. The van der Waals surface area contributed by atoms with Gasteiger partial charge in [-0.15, -0.1) is 0 Å². The van der Waals surface area contributed by atoms with Crippen molar-refractivity contribution >= 4 is 0 Å². The van der Waals surface area contributed by atoms with Crippen LogP contribution in [0.2, 0.25) is 0 Å². The Kier molecular flexibility index (Phi) is 1.75. The van der Waals surface area contributed by atoms with Crippen LogP contribution in [0.5, 0.6) is 0 Å². The van der Waals surface area contributed by atoms with Crippen LogP contribution >= 0.6 is 0 Å². The summed E-state index contributed by atoms with van der Waals surface area (Å²) >= 11 is 0. The Balaban J connectivity index is 2.46. The van der Waals surface area contributed by atoms with Crippen molar-refractivity contribution in [2.24, 2.45) is 5.92 Å². The molecule has 0 aromatic carbocycles. The summed E-state index contributed by atoms with van der Waals surface area (Å²) in [5, 5.41) is 8.68. The summed E-state index contributed by atoms with van der Waals surface area (Å²) in [6.45, 7) is 5.37. The van der Waals surface area contributed by atoms with Gasteiger partial charge >= 0.3 is 0 Å². The standard InChI is InChI=1S/C6H13NO2/c1-5(2)6(7-8)3-9-4-6/h5,7-8H,3-4H2,1-2H3. The minimum Gasteiger partial charge on any atom is -0.377 e. The van der Waals surface area contributed by atoms with Gasteiger partial charge in [0.15, 0.2) is 0 Å². The van der Waals surface area contributed by atoms with Gasteiger partial charge in [-0.05, 0) is 5.92 Å². The van der Waals surface area contributed by atoms with Crippen LogP contribution in [0.15, 0.2) is 0 Å². The van der Waals surface area contributed by atoms with Crippen LogP contribution in [-0.4, -0.2) is 24.0 Å². The molecule has 0 aromatic rings. The number of hydroxylamine groups is 1. The monoisotopic (exact) mass is 131 g/mol. The maximum Gasteiger partial charge on any atom is 0.0917 e. The molecule has 3 nitrogen and oxygen atoms in total. The fourth-order valence-electron chi connectivity index (χ4n) is 0.849. The normalized spacial score (nSPS) is 24.0. The number of hydrogen-bond acceptors (Lipinski definition) is 3. The van der Waals surface area contributed by atoms with Crippen LogP contribution in [0.4, 0.5) is 0 Å². The topological polar surface area (TPSA) is 41.5 Å². The average molecular weight is 131 g/mol. The van der Waals surface area contributed by atoms with Gasteiger partial charge < -0.3 is 9.94 Å². The molecule has 1 saturated heterocycles. The summed E-state index contributed by atoms with van der Waals surface area (Å²) in [5.41, 5.74) is 2.14. The first-order valence-electron chi connectivity index (χ1n) is 3.20. The molecular weight excluding hydrogens is 118 g/mol. The van der Waals surface area contributed by atoms with Gasteiger partial charge in [-0.25, -0.2) is 0 Å². The van der Waals surface area contributed by atoms with Gasteiger partial charge in [0.25, 0.3) is 0 Å². The second-order valence-electron chi connectivity index (χ2n) is 2.92. The number of rotatable bonds is 2. The van der Waals surface area contributed by atoms with Crippen molar-refractivity contribution in [1.82, 2.24) is 5.48 Å². The Morgan fingerprint density at radius 3 is 2.11 bits per heavy atom. The zero-order chi connectivity index (χ0) is 6.91. The highest BCUT2D eigenvalue weighted by atomic mass is 16.5. The second-order valence-corrected chi connectivity index (χ2v) is 2.92. The van der Waals surface area contributed by atoms with Crippen LogP contribution in [0.3, 0.4) is 0 Å². The lowest BCUT2D eigenvalue weighted by Gasteiger charge is -2.43. The fraction of sp³-hybridized carbons (Fsp3) is 1.00. The molecule has 1 aliphatic heterocycles. The summed E-state index contributed by atoms with van der Waals surface area (Å²) in [5.74, 6) is 0.427. The molecule has 9 heavy (non-hydrogen) atoms. The maximum atomic E-state index is 8.68.